The number of methoxy groups -OCH3 is 1. The number of nitrogens with two attached hydrogens (primary N) is 1. The van der Waals surface area contributed by atoms with Crippen molar-refractivity contribution >= 4 is 32.6 Å². The minimum atomic E-state index is -4.14. The molecule has 0 radical (unpaired) electrons. The monoisotopic (exact) mass is 364 g/mol. The van der Waals surface area contributed by atoms with Crippen LogP contribution in [0.25, 0.3) is 0 Å². The van der Waals surface area contributed by atoms with Crippen LogP contribution < -0.4 is 9.88 Å². The van der Waals surface area contributed by atoms with E-state index in [0.717, 1.165) is 6.07 Å². The average Bonchev–Trinajstić information content (AvgIpc) is 2.15. The fourth-order valence-electron chi connectivity index (χ4n) is 0.941. The second kappa shape index (κ2) is 4.75. The molecule has 16 heavy (non-hydrogen) atoms. The Labute approximate surface area is 104 Å². The van der Waals surface area contributed by atoms with E-state index in [4.69, 9.17) is 9.88 Å². The zero-order valence-corrected chi connectivity index (χ0v) is 10.9. The fraction of sp³-hybridized carbons (Fsp3) is 0.286. The van der Waals surface area contributed by atoms with Crippen LogP contribution >= 0.6 is 22.6 Å². The Hall–Kier alpha value is -0.550. The number of aromatic nitrogens is 1. The maximum atomic E-state index is 12.6. The summed E-state index contributed by atoms with van der Waals surface area (Å²) in [6.45, 7) is 0. The molecule has 0 spiro atoms. The first-order valence-electron chi connectivity index (χ1n) is 3.82. The van der Waals surface area contributed by atoms with Gasteiger partial charge in [-0.3, -0.25) is 0 Å². The lowest BCUT2D eigenvalue weighted by Crippen LogP contribution is -2.15. The van der Waals surface area contributed by atoms with Crippen LogP contribution in [0.5, 0.6) is 5.88 Å². The SMILES string of the molecule is COc1nc(S(N)(=O)=O)cc(C(F)F)c1I. The molecular weight excluding hydrogens is 357 g/mol. The summed E-state index contributed by atoms with van der Waals surface area (Å²) < 4.78 is 51.9. The summed E-state index contributed by atoms with van der Waals surface area (Å²) in [4.78, 5) is 3.53. The highest BCUT2D eigenvalue weighted by Crippen LogP contribution is 2.31. The van der Waals surface area contributed by atoms with Crippen molar-refractivity contribution in [1.82, 2.24) is 4.98 Å². The second-order valence-corrected chi connectivity index (χ2v) is 5.31. The van der Waals surface area contributed by atoms with E-state index in [1.54, 1.807) is 22.6 Å². The van der Waals surface area contributed by atoms with Crippen LogP contribution in [0, 0.1) is 3.57 Å². The molecule has 0 aliphatic heterocycles. The number of hydrogen-bond donors (Lipinski definition) is 1. The summed E-state index contributed by atoms with van der Waals surface area (Å²) in [5, 5.41) is 4.17. The summed E-state index contributed by atoms with van der Waals surface area (Å²) in [5.74, 6) is -0.192. The van der Waals surface area contributed by atoms with Crippen molar-refractivity contribution in [2.75, 3.05) is 7.11 Å². The van der Waals surface area contributed by atoms with Gasteiger partial charge in [0.15, 0.2) is 5.03 Å². The fourth-order valence-corrected chi connectivity index (χ4v) is 2.17. The molecule has 2 N–H and O–H groups in total. The molecule has 0 unspecified atom stereocenters. The number of ether oxygens (including phenoxy) is 1. The molecule has 0 bridgehead atoms. The van der Waals surface area contributed by atoms with E-state index < -0.39 is 27.0 Å². The van der Waals surface area contributed by atoms with Crippen molar-refractivity contribution in [3.63, 3.8) is 0 Å². The maximum absolute atomic E-state index is 12.6. The Balaban J connectivity index is 3.53. The van der Waals surface area contributed by atoms with Gasteiger partial charge in [0.05, 0.1) is 10.7 Å². The van der Waals surface area contributed by atoms with Gasteiger partial charge in [-0.25, -0.2) is 22.3 Å². The highest BCUT2D eigenvalue weighted by Gasteiger charge is 2.22. The first-order chi connectivity index (χ1) is 7.27. The van der Waals surface area contributed by atoms with Gasteiger partial charge in [-0.05, 0) is 28.7 Å². The van der Waals surface area contributed by atoms with Crippen LogP contribution in [0.3, 0.4) is 0 Å². The lowest BCUT2D eigenvalue weighted by molar-refractivity contribution is 0.149. The first kappa shape index (κ1) is 13.5. The summed E-state index contributed by atoms with van der Waals surface area (Å²) in [7, 11) is -2.93. The first-order valence-corrected chi connectivity index (χ1v) is 6.45. The van der Waals surface area contributed by atoms with Gasteiger partial charge in [-0.15, -0.1) is 0 Å². The smallest absolute Gasteiger partial charge is 0.265 e. The van der Waals surface area contributed by atoms with E-state index in [9.17, 15) is 17.2 Å². The van der Waals surface area contributed by atoms with Gasteiger partial charge in [0.2, 0.25) is 5.88 Å². The summed E-state index contributed by atoms with van der Waals surface area (Å²) in [5.41, 5.74) is -0.475. The standard InChI is InChI=1S/C7H7F2IN2O3S/c1-15-7-5(10)3(6(8)9)2-4(12-7)16(11,13)14/h2,6H,1H3,(H2,11,13,14). The van der Waals surface area contributed by atoms with Crippen LogP contribution in [0.1, 0.15) is 12.0 Å². The number of rotatable bonds is 3. The third-order valence-corrected chi connectivity index (χ3v) is 3.53. The number of primary sulfonamides is 1. The molecule has 0 saturated heterocycles. The second-order valence-electron chi connectivity index (χ2n) is 2.72. The van der Waals surface area contributed by atoms with E-state index in [1.807, 2.05) is 0 Å². The lowest BCUT2D eigenvalue weighted by Gasteiger charge is -2.09. The van der Waals surface area contributed by atoms with E-state index in [0.29, 0.717) is 0 Å². The molecule has 0 atom stereocenters. The number of sulfonamides is 1. The van der Waals surface area contributed by atoms with Crippen molar-refractivity contribution < 1.29 is 21.9 Å². The molecule has 0 aliphatic rings. The Morgan fingerprint density at radius 1 is 1.56 bits per heavy atom. The Kier molecular flexibility index (Phi) is 4.02. The molecule has 0 amide bonds. The van der Waals surface area contributed by atoms with Gasteiger partial charge >= 0.3 is 0 Å². The maximum Gasteiger partial charge on any atom is 0.265 e. The van der Waals surface area contributed by atoms with Gasteiger partial charge in [0, 0.05) is 5.56 Å². The third-order valence-electron chi connectivity index (χ3n) is 1.65. The predicted molar refractivity (Wildman–Crippen MR) is 59.8 cm³/mol. The molecule has 0 fully saturated rings. The molecule has 1 rings (SSSR count). The van der Waals surface area contributed by atoms with Gasteiger partial charge in [0.25, 0.3) is 16.4 Å². The Morgan fingerprint density at radius 2 is 2.12 bits per heavy atom. The zero-order valence-electron chi connectivity index (χ0n) is 7.95. The van der Waals surface area contributed by atoms with E-state index >= 15 is 0 Å². The molecule has 90 valence electrons. The normalized spacial score (nSPS) is 11.9. The molecule has 1 aromatic rings. The molecule has 9 heteroatoms. The number of pyridine rings is 1. The quantitative estimate of drug-likeness (QED) is 0.820. The minimum Gasteiger partial charge on any atom is -0.480 e. The third kappa shape index (κ3) is 2.77. The molecule has 0 saturated carbocycles. The molecule has 0 aliphatic carbocycles. The van der Waals surface area contributed by atoms with Gasteiger partial charge in [-0.2, -0.15) is 4.98 Å². The number of hydrogen-bond acceptors (Lipinski definition) is 4. The van der Waals surface area contributed by atoms with Crippen molar-refractivity contribution in [3.05, 3.63) is 15.2 Å². The van der Waals surface area contributed by atoms with Crippen molar-refractivity contribution in [2.24, 2.45) is 5.14 Å². The number of alkyl halides is 2. The van der Waals surface area contributed by atoms with Crippen LogP contribution in [0.15, 0.2) is 11.1 Å². The average molecular weight is 364 g/mol. The molecule has 1 aromatic heterocycles. The number of halogens is 3. The van der Waals surface area contributed by atoms with E-state index in [2.05, 4.69) is 4.98 Å². The van der Waals surface area contributed by atoms with Gasteiger partial charge in [0.1, 0.15) is 0 Å². The molecular formula is C7H7F2IN2O3S. The molecule has 0 aromatic carbocycles. The Morgan fingerprint density at radius 3 is 2.50 bits per heavy atom. The van der Waals surface area contributed by atoms with Crippen molar-refractivity contribution in [2.45, 2.75) is 11.5 Å². The summed E-state index contributed by atoms with van der Waals surface area (Å²) in [6.07, 6.45) is -2.83. The summed E-state index contributed by atoms with van der Waals surface area (Å²) >= 11 is 1.60. The topological polar surface area (TPSA) is 82.3 Å². The lowest BCUT2D eigenvalue weighted by atomic mass is 10.3. The van der Waals surface area contributed by atoms with Crippen molar-refractivity contribution in [3.8, 4) is 5.88 Å². The van der Waals surface area contributed by atoms with Crippen LogP contribution in [0.4, 0.5) is 8.78 Å². The Bertz CT molecular complexity index is 507. The highest BCUT2D eigenvalue weighted by molar-refractivity contribution is 14.1. The summed E-state index contributed by atoms with van der Waals surface area (Å²) in [6, 6.07) is 0.740. The highest BCUT2D eigenvalue weighted by atomic mass is 127. The minimum absolute atomic E-state index is 0.0579. The number of nitrogens with zero attached hydrogens (tertiary/aromatic N) is 1. The van der Waals surface area contributed by atoms with Gasteiger partial charge in [-0.1, -0.05) is 0 Å². The van der Waals surface area contributed by atoms with Crippen LogP contribution in [-0.2, 0) is 10.0 Å². The molecule has 5 nitrogen and oxygen atoms in total. The van der Waals surface area contributed by atoms with E-state index in [-0.39, 0.29) is 9.45 Å². The largest absolute Gasteiger partial charge is 0.480 e. The van der Waals surface area contributed by atoms with Crippen LogP contribution in [0.2, 0.25) is 0 Å². The predicted octanol–water partition coefficient (Wildman–Crippen LogP) is 1.28. The van der Waals surface area contributed by atoms with Crippen LogP contribution in [-0.4, -0.2) is 20.5 Å². The van der Waals surface area contributed by atoms with Crippen molar-refractivity contribution in [1.29, 1.82) is 0 Å². The molecule has 1 heterocycles. The zero-order chi connectivity index (χ0) is 12.5. The van der Waals surface area contributed by atoms with Gasteiger partial charge < -0.3 is 4.74 Å². The van der Waals surface area contributed by atoms with E-state index in [1.165, 1.54) is 7.11 Å².